The van der Waals surface area contributed by atoms with Crippen molar-refractivity contribution in [3.63, 3.8) is 0 Å². The third-order valence-corrected chi connectivity index (χ3v) is 1.49. The Balaban J connectivity index is 2.23. The molecule has 1 aliphatic heterocycles. The van der Waals surface area contributed by atoms with Crippen LogP contribution in [0.15, 0.2) is 0 Å². The highest BCUT2D eigenvalue weighted by molar-refractivity contribution is 5.57. The Morgan fingerprint density at radius 3 is 3.00 bits per heavy atom. The van der Waals surface area contributed by atoms with Gasteiger partial charge >= 0.3 is 0 Å². The van der Waals surface area contributed by atoms with E-state index in [0.717, 1.165) is 6.29 Å². The van der Waals surface area contributed by atoms with E-state index in [1.807, 2.05) is 0 Å². The molecule has 0 amide bonds. The Morgan fingerprint density at radius 1 is 1.80 bits per heavy atom. The van der Waals surface area contributed by atoms with Gasteiger partial charge in [0.1, 0.15) is 6.29 Å². The fourth-order valence-corrected chi connectivity index (χ4v) is 0.845. The SMILES string of the molecule is O=CC1CO[C@H](CO)CN1. The number of carbonyl (C=O) groups is 1. The number of morpholine rings is 1. The first kappa shape index (κ1) is 7.65. The van der Waals surface area contributed by atoms with E-state index in [2.05, 4.69) is 5.32 Å². The molecule has 0 aromatic rings. The normalized spacial score (nSPS) is 33.7. The van der Waals surface area contributed by atoms with E-state index in [1.54, 1.807) is 0 Å². The predicted octanol–water partition coefficient (Wildman–Crippen LogP) is -1.47. The number of nitrogens with one attached hydrogen (secondary N) is 1. The van der Waals surface area contributed by atoms with Gasteiger partial charge in [-0.15, -0.1) is 0 Å². The summed E-state index contributed by atoms with van der Waals surface area (Å²) in [6, 6.07) is -0.192. The minimum Gasteiger partial charge on any atom is -0.394 e. The summed E-state index contributed by atoms with van der Waals surface area (Å²) in [6.07, 6.45) is 0.671. The lowest BCUT2D eigenvalue weighted by Gasteiger charge is -2.25. The molecule has 4 nitrogen and oxygen atoms in total. The van der Waals surface area contributed by atoms with Crippen LogP contribution in [0, 0.1) is 0 Å². The lowest BCUT2D eigenvalue weighted by Crippen LogP contribution is -2.48. The zero-order valence-corrected chi connectivity index (χ0v) is 5.62. The van der Waals surface area contributed by atoms with Gasteiger partial charge in [-0.05, 0) is 0 Å². The van der Waals surface area contributed by atoms with E-state index < -0.39 is 0 Å². The van der Waals surface area contributed by atoms with Gasteiger partial charge < -0.3 is 20.0 Å². The molecule has 1 heterocycles. The number of hydrogen-bond donors (Lipinski definition) is 2. The molecule has 10 heavy (non-hydrogen) atoms. The van der Waals surface area contributed by atoms with Crippen molar-refractivity contribution in [2.24, 2.45) is 0 Å². The second-order valence-corrected chi connectivity index (χ2v) is 2.29. The van der Waals surface area contributed by atoms with Gasteiger partial charge in [0.15, 0.2) is 0 Å². The van der Waals surface area contributed by atoms with Crippen LogP contribution in [-0.2, 0) is 9.53 Å². The van der Waals surface area contributed by atoms with Gasteiger partial charge in [0.2, 0.25) is 0 Å². The highest BCUT2D eigenvalue weighted by Crippen LogP contribution is 1.97. The van der Waals surface area contributed by atoms with Gasteiger partial charge in [0.25, 0.3) is 0 Å². The predicted molar refractivity (Wildman–Crippen MR) is 34.7 cm³/mol. The number of hydrogen-bond acceptors (Lipinski definition) is 4. The first-order valence-electron chi connectivity index (χ1n) is 3.28. The maximum absolute atomic E-state index is 10.1. The molecule has 2 atom stereocenters. The van der Waals surface area contributed by atoms with E-state index in [9.17, 15) is 4.79 Å². The topological polar surface area (TPSA) is 58.6 Å². The number of ether oxygens (including phenoxy) is 1. The second-order valence-electron chi connectivity index (χ2n) is 2.29. The van der Waals surface area contributed by atoms with Crippen LogP contribution in [0.1, 0.15) is 0 Å². The number of aldehydes is 1. The Kier molecular flexibility index (Phi) is 2.80. The van der Waals surface area contributed by atoms with Crippen molar-refractivity contribution >= 4 is 6.29 Å². The van der Waals surface area contributed by atoms with Crippen molar-refractivity contribution in [2.75, 3.05) is 19.8 Å². The molecular formula is C6H11NO3. The fraction of sp³-hybridized carbons (Fsp3) is 0.833. The van der Waals surface area contributed by atoms with E-state index in [-0.39, 0.29) is 18.8 Å². The summed E-state index contributed by atoms with van der Waals surface area (Å²) in [7, 11) is 0. The summed E-state index contributed by atoms with van der Waals surface area (Å²) in [4.78, 5) is 10.1. The molecule has 1 fully saturated rings. The minimum atomic E-state index is -0.192. The highest BCUT2D eigenvalue weighted by Gasteiger charge is 2.18. The van der Waals surface area contributed by atoms with E-state index in [0.29, 0.717) is 13.2 Å². The Morgan fingerprint density at radius 2 is 2.60 bits per heavy atom. The average molecular weight is 145 g/mol. The smallest absolute Gasteiger partial charge is 0.139 e. The summed E-state index contributed by atoms with van der Waals surface area (Å²) in [5.41, 5.74) is 0. The standard InChI is InChI=1S/C6H11NO3/c8-2-5-4-10-6(3-9)1-7-5/h2,5-7,9H,1,3-4H2/t5?,6-/m0/s1. The summed E-state index contributed by atoms with van der Waals surface area (Å²) >= 11 is 0. The highest BCUT2D eigenvalue weighted by atomic mass is 16.5. The lowest BCUT2D eigenvalue weighted by atomic mass is 10.2. The van der Waals surface area contributed by atoms with Crippen LogP contribution >= 0.6 is 0 Å². The van der Waals surface area contributed by atoms with Crippen LogP contribution in [0.4, 0.5) is 0 Å². The van der Waals surface area contributed by atoms with Crippen molar-refractivity contribution in [3.8, 4) is 0 Å². The number of aliphatic hydroxyl groups is 1. The average Bonchev–Trinajstić information content (AvgIpc) is 2.05. The molecule has 2 N–H and O–H groups in total. The van der Waals surface area contributed by atoms with Crippen molar-refractivity contribution in [2.45, 2.75) is 12.1 Å². The molecule has 1 rings (SSSR count). The maximum atomic E-state index is 10.1. The van der Waals surface area contributed by atoms with Crippen molar-refractivity contribution in [3.05, 3.63) is 0 Å². The van der Waals surface area contributed by atoms with Crippen LogP contribution in [0.3, 0.4) is 0 Å². The Hall–Kier alpha value is -0.450. The molecule has 0 aliphatic carbocycles. The van der Waals surface area contributed by atoms with E-state index in [4.69, 9.17) is 9.84 Å². The van der Waals surface area contributed by atoms with Gasteiger partial charge in [0.05, 0.1) is 25.4 Å². The van der Waals surface area contributed by atoms with Crippen molar-refractivity contribution in [1.29, 1.82) is 0 Å². The summed E-state index contributed by atoms with van der Waals surface area (Å²) in [5.74, 6) is 0. The van der Waals surface area contributed by atoms with Crippen LogP contribution < -0.4 is 5.32 Å². The molecule has 0 bridgehead atoms. The molecule has 4 heteroatoms. The largest absolute Gasteiger partial charge is 0.394 e. The van der Waals surface area contributed by atoms with Crippen molar-refractivity contribution < 1.29 is 14.6 Å². The fourth-order valence-electron chi connectivity index (χ4n) is 0.845. The Labute approximate surface area is 59.2 Å². The molecule has 0 aromatic carbocycles. The van der Waals surface area contributed by atoms with Gasteiger partial charge in [-0.25, -0.2) is 0 Å². The second kappa shape index (κ2) is 3.65. The summed E-state index contributed by atoms with van der Waals surface area (Å²) in [5, 5.41) is 11.5. The van der Waals surface area contributed by atoms with Gasteiger partial charge in [-0.2, -0.15) is 0 Å². The maximum Gasteiger partial charge on any atom is 0.139 e. The third-order valence-electron chi connectivity index (χ3n) is 1.49. The Bertz CT molecular complexity index is 110. The molecule has 0 radical (unpaired) electrons. The minimum absolute atomic E-state index is 0.0125. The molecule has 0 spiro atoms. The molecular weight excluding hydrogens is 134 g/mol. The molecule has 0 aromatic heterocycles. The molecule has 1 saturated heterocycles. The molecule has 1 aliphatic rings. The zero-order valence-electron chi connectivity index (χ0n) is 5.62. The number of aliphatic hydroxyl groups excluding tert-OH is 1. The zero-order chi connectivity index (χ0) is 7.40. The van der Waals surface area contributed by atoms with Crippen LogP contribution in [0.5, 0.6) is 0 Å². The first-order valence-corrected chi connectivity index (χ1v) is 3.28. The van der Waals surface area contributed by atoms with Gasteiger partial charge in [-0.3, -0.25) is 0 Å². The van der Waals surface area contributed by atoms with Crippen molar-refractivity contribution in [1.82, 2.24) is 5.32 Å². The van der Waals surface area contributed by atoms with E-state index in [1.165, 1.54) is 0 Å². The third kappa shape index (κ3) is 1.76. The molecule has 58 valence electrons. The van der Waals surface area contributed by atoms with Crippen LogP contribution in [0.2, 0.25) is 0 Å². The summed E-state index contributed by atoms with van der Waals surface area (Å²) in [6.45, 7) is 0.938. The monoisotopic (exact) mass is 145 g/mol. The van der Waals surface area contributed by atoms with Crippen LogP contribution in [0.25, 0.3) is 0 Å². The summed E-state index contributed by atoms with van der Waals surface area (Å²) < 4.78 is 5.09. The number of carbonyl (C=O) groups excluding carboxylic acids is 1. The van der Waals surface area contributed by atoms with E-state index >= 15 is 0 Å². The van der Waals surface area contributed by atoms with Crippen LogP contribution in [-0.4, -0.2) is 43.3 Å². The molecule has 0 saturated carbocycles. The molecule has 1 unspecified atom stereocenters. The number of rotatable bonds is 2. The quantitative estimate of drug-likeness (QED) is 0.466. The van der Waals surface area contributed by atoms with Gasteiger partial charge in [0, 0.05) is 6.54 Å². The van der Waals surface area contributed by atoms with Gasteiger partial charge in [-0.1, -0.05) is 0 Å². The first-order chi connectivity index (χ1) is 4.86. The lowest BCUT2D eigenvalue weighted by molar-refractivity contribution is -0.114.